The van der Waals surface area contributed by atoms with Crippen LogP contribution < -0.4 is 21.6 Å². The molecular formula is C27H34N2O7Si. The van der Waals surface area contributed by atoms with Crippen LogP contribution in [0.3, 0.4) is 0 Å². The molecule has 1 aromatic heterocycles. The van der Waals surface area contributed by atoms with Gasteiger partial charge in [0.2, 0.25) is 0 Å². The van der Waals surface area contributed by atoms with E-state index < -0.39 is 50.7 Å². The molecule has 1 fully saturated rings. The third kappa shape index (κ3) is 5.13. The van der Waals surface area contributed by atoms with Gasteiger partial charge in [0.05, 0.1) is 6.61 Å². The van der Waals surface area contributed by atoms with Gasteiger partial charge in [-0.25, -0.2) is 4.79 Å². The van der Waals surface area contributed by atoms with E-state index in [-0.39, 0.29) is 23.6 Å². The minimum atomic E-state index is -2.81. The fourth-order valence-corrected chi connectivity index (χ4v) is 9.64. The lowest BCUT2D eigenvalue weighted by Gasteiger charge is -2.43. The highest BCUT2D eigenvalue weighted by Gasteiger charge is 2.50. The molecule has 9 nitrogen and oxygen atoms in total. The molecule has 10 heteroatoms. The number of aromatic amines is 1. The molecule has 4 rings (SSSR count). The Balaban J connectivity index is 1.66. The van der Waals surface area contributed by atoms with Crippen molar-refractivity contribution in [1.29, 1.82) is 0 Å². The largest absolute Gasteiger partial charge is 0.407 e. The molecule has 1 saturated heterocycles. The molecule has 1 aliphatic heterocycles. The van der Waals surface area contributed by atoms with Crippen LogP contribution in [0.15, 0.2) is 76.4 Å². The van der Waals surface area contributed by atoms with Crippen molar-refractivity contribution < 1.29 is 24.5 Å². The standard InChI is InChI=1S/C27H34N2O7Si/c1-27(2,3)37(19-10-6-4-7-11-19,20-12-8-5-9-13-20)35-15-14-18-16-29(26(34)28-24(18)33)25-23(32)22(31)21(17-30)36-25/h4-13,16,21-23,25,30-32H,14-15,17H2,1-3H3,(H,28,33,34)/t21-,22-,23-,25-/m1/s1. The van der Waals surface area contributed by atoms with Crippen molar-refractivity contribution in [3.63, 3.8) is 0 Å². The van der Waals surface area contributed by atoms with Crippen molar-refractivity contribution in [3.05, 3.63) is 93.3 Å². The van der Waals surface area contributed by atoms with Gasteiger partial charge in [0.25, 0.3) is 13.9 Å². The zero-order valence-electron chi connectivity index (χ0n) is 21.2. The van der Waals surface area contributed by atoms with Crippen LogP contribution in [0.2, 0.25) is 5.04 Å². The summed E-state index contributed by atoms with van der Waals surface area (Å²) in [7, 11) is -2.81. The average Bonchev–Trinajstić information content (AvgIpc) is 3.16. The number of nitrogens with zero attached hydrogens (tertiary/aromatic N) is 1. The van der Waals surface area contributed by atoms with Gasteiger partial charge < -0.3 is 24.5 Å². The Morgan fingerprint density at radius 2 is 1.54 bits per heavy atom. The van der Waals surface area contributed by atoms with Gasteiger partial charge in [-0.05, 0) is 15.4 Å². The minimum absolute atomic E-state index is 0.203. The Hall–Kier alpha value is -2.86. The van der Waals surface area contributed by atoms with E-state index in [0.29, 0.717) is 0 Å². The summed E-state index contributed by atoms with van der Waals surface area (Å²) in [5.41, 5.74) is -1.06. The lowest BCUT2D eigenvalue weighted by Crippen LogP contribution is -2.66. The lowest BCUT2D eigenvalue weighted by molar-refractivity contribution is -0.0551. The molecular weight excluding hydrogens is 492 g/mol. The van der Waals surface area contributed by atoms with Gasteiger partial charge in [-0.15, -0.1) is 0 Å². The van der Waals surface area contributed by atoms with Crippen LogP contribution in [-0.2, 0) is 15.6 Å². The summed E-state index contributed by atoms with van der Waals surface area (Å²) in [6.45, 7) is 6.17. The molecule has 0 bridgehead atoms. The van der Waals surface area contributed by atoms with Crippen LogP contribution in [0.1, 0.15) is 32.6 Å². The number of ether oxygens (including phenoxy) is 1. The highest BCUT2D eigenvalue weighted by atomic mass is 28.4. The Morgan fingerprint density at radius 1 is 0.973 bits per heavy atom. The number of aliphatic hydroxyl groups is 3. The Labute approximate surface area is 216 Å². The summed E-state index contributed by atoms with van der Waals surface area (Å²) >= 11 is 0. The van der Waals surface area contributed by atoms with E-state index in [1.165, 1.54) is 6.20 Å². The second-order valence-electron chi connectivity index (χ2n) is 10.3. The number of benzene rings is 2. The normalized spacial score (nSPS) is 22.3. The van der Waals surface area contributed by atoms with Crippen LogP contribution in [0.25, 0.3) is 0 Å². The number of hydrogen-bond acceptors (Lipinski definition) is 7. The third-order valence-electron chi connectivity index (χ3n) is 6.94. The second-order valence-corrected chi connectivity index (χ2v) is 14.6. The molecule has 0 unspecified atom stereocenters. The molecule has 0 saturated carbocycles. The van der Waals surface area contributed by atoms with Gasteiger partial charge in [-0.2, -0.15) is 0 Å². The zero-order valence-corrected chi connectivity index (χ0v) is 22.2. The molecule has 0 aliphatic carbocycles. The van der Waals surface area contributed by atoms with Crippen LogP contribution in [0.4, 0.5) is 0 Å². The van der Waals surface area contributed by atoms with Crippen molar-refractivity contribution >= 4 is 18.7 Å². The number of rotatable bonds is 8. The van der Waals surface area contributed by atoms with Gasteiger partial charge in [-0.3, -0.25) is 14.3 Å². The monoisotopic (exact) mass is 526 g/mol. The van der Waals surface area contributed by atoms with Crippen molar-refractivity contribution in [3.8, 4) is 0 Å². The fraction of sp³-hybridized carbons (Fsp3) is 0.407. The van der Waals surface area contributed by atoms with Gasteiger partial charge in [0.15, 0.2) is 6.23 Å². The topological polar surface area (TPSA) is 134 Å². The van der Waals surface area contributed by atoms with Gasteiger partial charge in [0.1, 0.15) is 18.3 Å². The molecule has 2 heterocycles. The SMILES string of the molecule is CC(C)(C)[Si](OCCc1cn([C@@H]2O[C@H](CO)[C@@H](O)[C@H]2O)c(=O)[nH]c1=O)(c1ccccc1)c1ccccc1. The Kier molecular flexibility index (Phi) is 7.98. The van der Waals surface area contributed by atoms with Crippen molar-refractivity contribution in [2.24, 2.45) is 0 Å². The fourth-order valence-electron chi connectivity index (χ4n) is 5.08. The minimum Gasteiger partial charge on any atom is -0.407 e. The van der Waals surface area contributed by atoms with Gasteiger partial charge >= 0.3 is 5.69 Å². The third-order valence-corrected chi connectivity index (χ3v) is 12.0. The quantitative estimate of drug-likeness (QED) is 0.310. The molecule has 37 heavy (non-hydrogen) atoms. The summed E-state index contributed by atoms with van der Waals surface area (Å²) in [5.74, 6) is 0. The summed E-state index contributed by atoms with van der Waals surface area (Å²) < 4.78 is 13.4. The number of hydrogen-bond donors (Lipinski definition) is 4. The molecule has 2 aromatic carbocycles. The number of aliphatic hydroxyl groups excluding tert-OH is 3. The predicted octanol–water partition coefficient (Wildman–Crippen LogP) is 0.267. The van der Waals surface area contributed by atoms with E-state index in [0.717, 1.165) is 14.9 Å². The summed E-state index contributed by atoms with van der Waals surface area (Å²) in [6, 6.07) is 20.3. The highest BCUT2D eigenvalue weighted by molar-refractivity contribution is 6.99. The number of aromatic nitrogens is 2. The molecule has 198 valence electrons. The van der Waals surface area contributed by atoms with E-state index >= 15 is 0 Å². The molecule has 1 aliphatic rings. The zero-order chi connectivity index (χ0) is 26.8. The Bertz CT molecular complexity index is 1260. The number of nitrogens with one attached hydrogen (secondary N) is 1. The maximum absolute atomic E-state index is 12.7. The molecule has 4 atom stereocenters. The summed E-state index contributed by atoms with van der Waals surface area (Å²) in [5, 5.41) is 31.8. The maximum atomic E-state index is 12.7. The van der Waals surface area contributed by atoms with E-state index in [4.69, 9.17) is 9.16 Å². The van der Waals surface area contributed by atoms with E-state index in [1.54, 1.807) is 0 Å². The highest BCUT2D eigenvalue weighted by Crippen LogP contribution is 2.36. The molecule has 4 N–H and O–H groups in total. The van der Waals surface area contributed by atoms with E-state index in [2.05, 4.69) is 50.0 Å². The molecule has 0 radical (unpaired) electrons. The first kappa shape index (κ1) is 27.2. The van der Waals surface area contributed by atoms with Crippen molar-refractivity contribution in [2.75, 3.05) is 13.2 Å². The second kappa shape index (κ2) is 10.9. The first-order valence-corrected chi connectivity index (χ1v) is 14.2. The molecule has 0 spiro atoms. The van der Waals surface area contributed by atoms with Crippen LogP contribution in [-0.4, -0.2) is 64.7 Å². The molecule has 0 amide bonds. The summed E-state index contributed by atoms with van der Waals surface area (Å²) in [6.07, 6.45) is -3.56. The smallest absolute Gasteiger partial charge is 0.330 e. The first-order valence-electron chi connectivity index (χ1n) is 12.3. The van der Waals surface area contributed by atoms with Crippen molar-refractivity contribution in [2.45, 2.75) is 56.8 Å². The maximum Gasteiger partial charge on any atom is 0.330 e. The average molecular weight is 527 g/mol. The van der Waals surface area contributed by atoms with Crippen LogP contribution in [0, 0.1) is 0 Å². The van der Waals surface area contributed by atoms with E-state index in [1.807, 2.05) is 36.4 Å². The van der Waals surface area contributed by atoms with Crippen LogP contribution >= 0.6 is 0 Å². The summed E-state index contributed by atoms with van der Waals surface area (Å²) in [4.78, 5) is 27.4. The Morgan fingerprint density at radius 3 is 2.03 bits per heavy atom. The van der Waals surface area contributed by atoms with Crippen LogP contribution in [0.5, 0.6) is 0 Å². The first-order chi connectivity index (χ1) is 17.6. The predicted molar refractivity (Wildman–Crippen MR) is 142 cm³/mol. The molecule has 3 aromatic rings. The lowest BCUT2D eigenvalue weighted by atomic mass is 10.1. The van der Waals surface area contributed by atoms with Gasteiger partial charge in [0, 0.05) is 24.8 Å². The number of H-pyrrole nitrogens is 1. The van der Waals surface area contributed by atoms with E-state index in [9.17, 15) is 24.9 Å². The van der Waals surface area contributed by atoms with Crippen molar-refractivity contribution in [1.82, 2.24) is 9.55 Å². The van der Waals surface area contributed by atoms with Gasteiger partial charge in [-0.1, -0.05) is 81.4 Å².